The number of sulfonamides is 1. The van der Waals surface area contributed by atoms with Crippen LogP contribution in [0.15, 0.2) is 45.4 Å². The van der Waals surface area contributed by atoms with E-state index in [0.717, 1.165) is 0 Å². The molecule has 3 heterocycles. The maximum Gasteiger partial charge on any atom is 0.328 e. The topological polar surface area (TPSA) is 84.6 Å². The predicted octanol–water partition coefficient (Wildman–Crippen LogP) is 1.09. The van der Waals surface area contributed by atoms with E-state index >= 15 is 0 Å². The van der Waals surface area contributed by atoms with Crippen molar-refractivity contribution in [3.8, 4) is 0 Å². The Morgan fingerprint density at radius 2 is 1.68 bits per heavy atom. The van der Waals surface area contributed by atoms with Gasteiger partial charge in [-0.3, -0.25) is 13.9 Å². The maximum atomic E-state index is 13.1. The fourth-order valence-electron chi connectivity index (χ4n) is 3.48. The number of rotatable bonds is 3. The third kappa shape index (κ3) is 2.97. The molecular formula is C18H20N4O4S2. The van der Waals surface area contributed by atoms with Gasteiger partial charge in [0, 0.05) is 40.3 Å². The zero-order valence-electron chi connectivity index (χ0n) is 15.5. The standard InChI is InChI=1S/C18H20N4O4S2/c1-19-14-6-5-13(12-15(14)20(2)18(19)24)28(25,26)22-9-7-21(8-10-22)17(23)16-4-3-11-27-16/h3-6,11-12H,7-10H2,1-2H3. The van der Waals surface area contributed by atoms with E-state index in [0.29, 0.717) is 29.0 Å². The largest absolute Gasteiger partial charge is 0.335 e. The highest BCUT2D eigenvalue weighted by Gasteiger charge is 2.31. The minimum Gasteiger partial charge on any atom is -0.335 e. The van der Waals surface area contributed by atoms with Crippen LogP contribution in [-0.2, 0) is 24.1 Å². The van der Waals surface area contributed by atoms with Crippen LogP contribution in [0.4, 0.5) is 0 Å². The number of thiophene rings is 1. The van der Waals surface area contributed by atoms with Crippen molar-refractivity contribution in [1.29, 1.82) is 0 Å². The molecule has 10 heteroatoms. The zero-order chi connectivity index (χ0) is 20.1. The third-order valence-corrected chi connectivity index (χ3v) is 7.89. The van der Waals surface area contributed by atoms with Crippen molar-refractivity contribution in [3.05, 3.63) is 51.1 Å². The van der Waals surface area contributed by atoms with Gasteiger partial charge in [-0.05, 0) is 29.6 Å². The van der Waals surface area contributed by atoms with Crippen LogP contribution in [0.1, 0.15) is 9.67 Å². The predicted molar refractivity (Wildman–Crippen MR) is 107 cm³/mol. The Kier molecular flexibility index (Phi) is 4.64. The van der Waals surface area contributed by atoms with E-state index in [-0.39, 0.29) is 29.6 Å². The average Bonchev–Trinajstić information content (AvgIpc) is 3.32. The van der Waals surface area contributed by atoms with E-state index in [1.165, 1.54) is 36.9 Å². The number of aryl methyl sites for hydroxylation is 2. The molecule has 0 radical (unpaired) electrons. The lowest BCUT2D eigenvalue weighted by molar-refractivity contribution is 0.0703. The van der Waals surface area contributed by atoms with Crippen LogP contribution >= 0.6 is 11.3 Å². The van der Waals surface area contributed by atoms with Gasteiger partial charge in [0.2, 0.25) is 10.0 Å². The highest BCUT2D eigenvalue weighted by atomic mass is 32.2. The third-order valence-electron chi connectivity index (χ3n) is 5.14. The summed E-state index contributed by atoms with van der Waals surface area (Å²) in [6.07, 6.45) is 0. The maximum absolute atomic E-state index is 13.1. The minimum atomic E-state index is -3.70. The Morgan fingerprint density at radius 1 is 1.00 bits per heavy atom. The number of aromatic nitrogens is 2. The van der Waals surface area contributed by atoms with Gasteiger partial charge in [-0.2, -0.15) is 4.31 Å². The van der Waals surface area contributed by atoms with Gasteiger partial charge in [-0.15, -0.1) is 11.3 Å². The van der Waals surface area contributed by atoms with Crippen molar-refractivity contribution in [3.63, 3.8) is 0 Å². The molecule has 1 saturated heterocycles. The quantitative estimate of drug-likeness (QED) is 0.635. The zero-order valence-corrected chi connectivity index (χ0v) is 17.2. The molecule has 0 N–H and O–H groups in total. The number of hydrogen-bond acceptors (Lipinski definition) is 5. The summed E-state index contributed by atoms with van der Waals surface area (Å²) in [6, 6.07) is 8.32. The van der Waals surface area contributed by atoms with E-state index in [1.54, 1.807) is 31.1 Å². The van der Waals surface area contributed by atoms with Crippen molar-refractivity contribution < 1.29 is 13.2 Å². The first-order valence-electron chi connectivity index (χ1n) is 8.79. The Balaban J connectivity index is 1.56. The molecule has 0 spiro atoms. The SMILES string of the molecule is Cn1c(=O)n(C)c2cc(S(=O)(=O)N3CCN(C(=O)c4cccs4)CC3)ccc21. The molecule has 148 valence electrons. The normalized spacial score (nSPS) is 16.0. The Bertz CT molecular complexity index is 1200. The lowest BCUT2D eigenvalue weighted by Gasteiger charge is -2.33. The molecule has 1 fully saturated rings. The van der Waals surface area contributed by atoms with Crippen molar-refractivity contribution >= 4 is 38.3 Å². The molecule has 3 aromatic rings. The number of piperazine rings is 1. The van der Waals surface area contributed by atoms with Crippen LogP contribution in [-0.4, -0.2) is 58.8 Å². The molecule has 1 aromatic carbocycles. The van der Waals surface area contributed by atoms with Crippen LogP contribution in [0, 0.1) is 0 Å². The summed E-state index contributed by atoms with van der Waals surface area (Å²) in [6.45, 7) is 1.18. The fraction of sp³-hybridized carbons (Fsp3) is 0.333. The second kappa shape index (κ2) is 6.87. The summed E-state index contributed by atoms with van der Waals surface area (Å²) in [5.41, 5.74) is 1.04. The first-order valence-corrected chi connectivity index (χ1v) is 11.1. The highest BCUT2D eigenvalue weighted by molar-refractivity contribution is 7.89. The first-order chi connectivity index (χ1) is 13.3. The smallest absolute Gasteiger partial charge is 0.328 e. The molecule has 0 unspecified atom stereocenters. The van der Waals surface area contributed by atoms with E-state index in [1.807, 2.05) is 11.4 Å². The van der Waals surface area contributed by atoms with E-state index < -0.39 is 10.0 Å². The molecule has 8 nitrogen and oxygen atoms in total. The van der Waals surface area contributed by atoms with Gasteiger partial charge in [0.15, 0.2) is 0 Å². The molecule has 0 bridgehead atoms. The molecule has 1 aliphatic heterocycles. The van der Waals surface area contributed by atoms with Gasteiger partial charge < -0.3 is 4.90 Å². The number of benzene rings is 1. The van der Waals surface area contributed by atoms with Crippen LogP contribution < -0.4 is 5.69 Å². The van der Waals surface area contributed by atoms with E-state index in [4.69, 9.17) is 0 Å². The molecule has 0 saturated carbocycles. The van der Waals surface area contributed by atoms with Gasteiger partial charge in [0.05, 0.1) is 20.8 Å². The first kappa shape index (κ1) is 18.9. The summed E-state index contributed by atoms with van der Waals surface area (Å²) < 4.78 is 30.5. The van der Waals surface area contributed by atoms with E-state index in [2.05, 4.69) is 0 Å². The monoisotopic (exact) mass is 420 g/mol. The van der Waals surface area contributed by atoms with Gasteiger partial charge in [0.1, 0.15) is 0 Å². The highest BCUT2D eigenvalue weighted by Crippen LogP contribution is 2.23. The van der Waals surface area contributed by atoms with Crippen molar-refractivity contribution in [2.45, 2.75) is 4.90 Å². The molecular weight excluding hydrogens is 400 g/mol. The van der Waals surface area contributed by atoms with Crippen molar-refractivity contribution in [2.75, 3.05) is 26.2 Å². The second-order valence-electron chi connectivity index (χ2n) is 6.72. The number of carbonyl (C=O) groups is 1. The van der Waals surface area contributed by atoms with Gasteiger partial charge in [-0.1, -0.05) is 6.07 Å². The second-order valence-corrected chi connectivity index (χ2v) is 9.61. The van der Waals surface area contributed by atoms with E-state index in [9.17, 15) is 18.0 Å². The van der Waals surface area contributed by atoms with Crippen LogP contribution in [0.5, 0.6) is 0 Å². The average molecular weight is 421 g/mol. The van der Waals surface area contributed by atoms with Gasteiger partial charge in [-0.25, -0.2) is 13.2 Å². The molecule has 4 rings (SSSR count). The van der Waals surface area contributed by atoms with Crippen LogP contribution in [0.2, 0.25) is 0 Å². The van der Waals surface area contributed by atoms with Crippen LogP contribution in [0.25, 0.3) is 11.0 Å². The summed E-state index contributed by atoms with van der Waals surface area (Å²) in [5.74, 6) is -0.0623. The lowest BCUT2D eigenvalue weighted by Crippen LogP contribution is -2.50. The fourth-order valence-corrected chi connectivity index (χ4v) is 5.62. The number of imidazole rings is 1. The number of fused-ring (bicyclic) bond motifs is 1. The number of carbonyl (C=O) groups excluding carboxylic acids is 1. The van der Waals surface area contributed by atoms with Gasteiger partial charge >= 0.3 is 5.69 Å². The minimum absolute atomic E-state index is 0.0623. The number of amides is 1. The van der Waals surface area contributed by atoms with Gasteiger partial charge in [0.25, 0.3) is 5.91 Å². The van der Waals surface area contributed by atoms with Crippen molar-refractivity contribution in [1.82, 2.24) is 18.3 Å². The number of hydrogen-bond donors (Lipinski definition) is 0. The summed E-state index contributed by atoms with van der Waals surface area (Å²) in [7, 11) is -0.427. The summed E-state index contributed by atoms with van der Waals surface area (Å²) >= 11 is 1.38. The molecule has 0 aliphatic carbocycles. The molecule has 1 amide bonds. The Morgan fingerprint density at radius 3 is 2.32 bits per heavy atom. The molecule has 0 atom stereocenters. The lowest BCUT2D eigenvalue weighted by atomic mass is 10.3. The Labute approximate surface area is 166 Å². The number of nitrogens with zero attached hydrogens (tertiary/aromatic N) is 4. The molecule has 1 aliphatic rings. The Hall–Kier alpha value is -2.43. The van der Waals surface area contributed by atoms with Crippen LogP contribution in [0.3, 0.4) is 0 Å². The summed E-state index contributed by atoms with van der Waals surface area (Å²) in [5, 5.41) is 1.85. The molecule has 2 aromatic heterocycles. The summed E-state index contributed by atoms with van der Waals surface area (Å²) in [4.78, 5) is 27.0. The molecule has 28 heavy (non-hydrogen) atoms. The van der Waals surface area contributed by atoms with Crippen molar-refractivity contribution in [2.24, 2.45) is 14.1 Å².